The van der Waals surface area contributed by atoms with Gasteiger partial charge < -0.3 is 10.5 Å². The zero-order valence-electron chi connectivity index (χ0n) is 8.63. The Labute approximate surface area is 97.5 Å². The Morgan fingerprint density at radius 3 is 2.76 bits per heavy atom. The molecule has 1 heterocycles. The number of ether oxygens (including phenoxy) is 1. The molecule has 0 bridgehead atoms. The van der Waals surface area contributed by atoms with Crippen molar-refractivity contribution in [2.45, 2.75) is 0 Å². The van der Waals surface area contributed by atoms with Gasteiger partial charge in [0.25, 0.3) is 10.0 Å². The van der Waals surface area contributed by atoms with Crippen molar-refractivity contribution < 1.29 is 17.5 Å². The van der Waals surface area contributed by atoms with Gasteiger partial charge in [-0.2, -0.15) is 8.42 Å². The zero-order valence-corrected chi connectivity index (χ0v) is 9.45. The van der Waals surface area contributed by atoms with E-state index in [9.17, 15) is 12.8 Å². The van der Waals surface area contributed by atoms with Crippen molar-refractivity contribution in [2.24, 2.45) is 10.1 Å². The number of sulfonamides is 1. The molecule has 0 spiro atoms. The topological polar surface area (TPSA) is 81.8 Å². The van der Waals surface area contributed by atoms with E-state index in [1.807, 2.05) is 0 Å². The second kappa shape index (κ2) is 4.17. The molecule has 0 aromatic heterocycles. The summed E-state index contributed by atoms with van der Waals surface area (Å²) >= 11 is 0. The smallest absolute Gasteiger partial charge is 0.283 e. The lowest BCUT2D eigenvalue weighted by molar-refractivity contribution is 0.356. The molecule has 1 aliphatic rings. The first kappa shape index (κ1) is 11.6. The molecule has 0 atom stereocenters. The maximum Gasteiger partial charge on any atom is 0.283 e. The molecule has 17 heavy (non-hydrogen) atoms. The first-order chi connectivity index (χ1) is 7.97. The van der Waals surface area contributed by atoms with Crippen LogP contribution in [0.15, 0.2) is 39.6 Å². The summed E-state index contributed by atoms with van der Waals surface area (Å²) in [6.07, 6.45) is 1.22. The Hall–Kier alpha value is -1.89. The summed E-state index contributed by atoms with van der Waals surface area (Å²) in [4.78, 5) is -0.0424. The van der Waals surface area contributed by atoms with Gasteiger partial charge in [-0.1, -0.05) is 6.07 Å². The van der Waals surface area contributed by atoms with E-state index in [0.29, 0.717) is 0 Å². The first-order valence-electron chi connectivity index (χ1n) is 4.67. The maximum atomic E-state index is 12.8. The predicted octanol–water partition coefficient (Wildman–Crippen LogP) is 0.789. The van der Waals surface area contributed by atoms with Crippen LogP contribution < -0.4 is 10.5 Å². The Morgan fingerprint density at radius 2 is 2.18 bits per heavy atom. The van der Waals surface area contributed by atoms with E-state index >= 15 is 0 Å². The fourth-order valence-electron chi connectivity index (χ4n) is 1.29. The lowest BCUT2D eigenvalue weighted by Crippen LogP contribution is -2.07. The number of rotatable bonds is 3. The average Bonchev–Trinajstić information content (AvgIpc) is 2.48. The van der Waals surface area contributed by atoms with Crippen LogP contribution in [-0.4, -0.2) is 20.9 Å². The van der Waals surface area contributed by atoms with Crippen molar-refractivity contribution >= 4 is 15.9 Å². The Balaban J connectivity index is 2.08. The van der Waals surface area contributed by atoms with Crippen molar-refractivity contribution in [2.75, 3.05) is 6.61 Å². The molecular weight excluding hydrogens is 247 g/mol. The molecule has 1 aromatic rings. The van der Waals surface area contributed by atoms with Gasteiger partial charge in [0.2, 0.25) is 0 Å². The number of amidine groups is 1. The Bertz CT molecular complexity index is 608. The van der Waals surface area contributed by atoms with Gasteiger partial charge in [-0.05, 0) is 12.1 Å². The molecule has 2 N–H and O–H groups in total. The SMILES string of the molecule is NC1=NS(=O)(=O)C(COc2cccc(F)c2)=C1. The number of nitrogens with two attached hydrogens (primary N) is 1. The Morgan fingerprint density at radius 1 is 1.41 bits per heavy atom. The third-order valence-electron chi connectivity index (χ3n) is 2.04. The zero-order chi connectivity index (χ0) is 12.5. The molecule has 0 unspecified atom stereocenters. The third-order valence-corrected chi connectivity index (χ3v) is 3.39. The Kier molecular flexibility index (Phi) is 2.84. The summed E-state index contributed by atoms with van der Waals surface area (Å²) < 4.78 is 44.0. The van der Waals surface area contributed by atoms with Crippen LogP contribution in [-0.2, 0) is 10.0 Å². The highest BCUT2D eigenvalue weighted by Crippen LogP contribution is 2.18. The van der Waals surface area contributed by atoms with Crippen LogP contribution in [0.4, 0.5) is 4.39 Å². The fourth-order valence-corrected chi connectivity index (χ4v) is 2.22. The summed E-state index contributed by atoms with van der Waals surface area (Å²) in [5.41, 5.74) is 5.27. The maximum absolute atomic E-state index is 12.8. The van der Waals surface area contributed by atoms with Crippen LogP contribution in [0, 0.1) is 5.82 Å². The minimum Gasteiger partial charge on any atom is -0.488 e. The number of halogens is 1. The summed E-state index contributed by atoms with van der Waals surface area (Å²) in [5, 5.41) is 0. The fraction of sp³-hybridized carbons (Fsp3) is 0.100. The van der Waals surface area contributed by atoms with E-state index in [0.717, 1.165) is 6.07 Å². The van der Waals surface area contributed by atoms with Gasteiger partial charge in [0.05, 0.1) is 0 Å². The average molecular weight is 256 g/mol. The van der Waals surface area contributed by atoms with Crippen LogP contribution in [0.2, 0.25) is 0 Å². The second-order valence-electron chi connectivity index (χ2n) is 3.35. The lowest BCUT2D eigenvalue weighted by Gasteiger charge is -2.05. The van der Waals surface area contributed by atoms with Crippen LogP contribution in [0.5, 0.6) is 5.75 Å². The molecule has 0 radical (unpaired) electrons. The van der Waals surface area contributed by atoms with Crippen molar-refractivity contribution in [3.8, 4) is 5.75 Å². The highest BCUT2D eigenvalue weighted by Gasteiger charge is 2.23. The molecule has 7 heteroatoms. The minimum absolute atomic E-state index is 0.0424. The van der Waals surface area contributed by atoms with Crippen molar-refractivity contribution in [3.63, 3.8) is 0 Å². The van der Waals surface area contributed by atoms with E-state index in [-0.39, 0.29) is 23.1 Å². The summed E-state index contributed by atoms with van der Waals surface area (Å²) in [6, 6.07) is 5.41. The molecule has 1 aliphatic heterocycles. The van der Waals surface area contributed by atoms with Gasteiger partial charge in [-0.25, -0.2) is 4.39 Å². The number of hydrogen-bond acceptors (Lipinski definition) is 4. The lowest BCUT2D eigenvalue weighted by atomic mass is 10.3. The van der Waals surface area contributed by atoms with Crippen molar-refractivity contribution in [1.29, 1.82) is 0 Å². The monoisotopic (exact) mass is 256 g/mol. The van der Waals surface area contributed by atoms with Gasteiger partial charge in [-0.3, -0.25) is 0 Å². The number of nitrogens with zero attached hydrogens (tertiary/aromatic N) is 1. The van der Waals surface area contributed by atoms with E-state index in [1.165, 1.54) is 24.3 Å². The second-order valence-corrected chi connectivity index (χ2v) is 5.01. The summed E-state index contributed by atoms with van der Waals surface area (Å²) in [6.45, 7) is -0.226. The molecule has 2 rings (SSSR count). The van der Waals surface area contributed by atoms with Crippen molar-refractivity contribution in [3.05, 3.63) is 41.1 Å². The highest BCUT2D eigenvalue weighted by molar-refractivity contribution is 7.94. The number of benzene rings is 1. The van der Waals surface area contributed by atoms with Crippen LogP contribution in [0.25, 0.3) is 0 Å². The molecule has 0 saturated carbocycles. The van der Waals surface area contributed by atoms with Crippen LogP contribution in [0.1, 0.15) is 0 Å². The van der Waals surface area contributed by atoms with Crippen LogP contribution in [0.3, 0.4) is 0 Å². The van der Waals surface area contributed by atoms with Crippen LogP contribution >= 0.6 is 0 Å². The molecular formula is C10H9FN2O3S. The molecule has 0 fully saturated rings. The van der Waals surface area contributed by atoms with E-state index in [2.05, 4.69) is 4.40 Å². The first-order valence-corrected chi connectivity index (χ1v) is 6.11. The normalized spacial score (nSPS) is 17.5. The van der Waals surface area contributed by atoms with Gasteiger partial charge in [0, 0.05) is 12.1 Å². The number of hydrogen-bond donors (Lipinski definition) is 1. The van der Waals surface area contributed by atoms with Gasteiger partial charge >= 0.3 is 0 Å². The van der Waals surface area contributed by atoms with E-state index < -0.39 is 15.8 Å². The predicted molar refractivity (Wildman–Crippen MR) is 60.5 cm³/mol. The molecule has 90 valence electrons. The molecule has 0 aliphatic carbocycles. The standard InChI is InChI=1S/C10H9FN2O3S/c11-7-2-1-3-8(4-7)16-6-9-5-10(12)13-17(9,14)15/h1-5H,6H2,(H2,12,13). The van der Waals surface area contributed by atoms with Gasteiger partial charge in [0.15, 0.2) is 0 Å². The molecule has 1 aromatic carbocycles. The van der Waals surface area contributed by atoms with Gasteiger partial charge in [0.1, 0.15) is 28.9 Å². The molecule has 0 amide bonds. The third kappa shape index (κ3) is 2.62. The highest BCUT2D eigenvalue weighted by atomic mass is 32.2. The largest absolute Gasteiger partial charge is 0.488 e. The molecule has 5 nitrogen and oxygen atoms in total. The quantitative estimate of drug-likeness (QED) is 0.866. The van der Waals surface area contributed by atoms with E-state index in [1.54, 1.807) is 0 Å². The summed E-state index contributed by atoms with van der Waals surface area (Å²) in [5.74, 6) is -0.295. The minimum atomic E-state index is -3.71. The summed E-state index contributed by atoms with van der Waals surface area (Å²) in [7, 11) is -3.71. The van der Waals surface area contributed by atoms with Crippen molar-refractivity contribution in [1.82, 2.24) is 0 Å². The molecule has 0 saturated heterocycles. The van der Waals surface area contributed by atoms with Gasteiger partial charge in [-0.15, -0.1) is 4.40 Å². The van der Waals surface area contributed by atoms with E-state index in [4.69, 9.17) is 10.5 Å².